The highest BCUT2D eigenvalue weighted by atomic mass is 32.2. The maximum Gasteiger partial charge on any atom is 0.408 e. The minimum Gasteiger partial charge on any atom is -0.480 e. The SMILES string of the molecule is CC(C)(C)OC(=O)N[C@H](C(=O)O)C(C)(C)CC[C@H](NC(=O)[C@@H]1SCCN1S(=O)(=O)c1ccc(-c2ccccc2F)cc1)c1c(F)cccc1F. The van der Waals surface area contributed by atoms with Crippen LogP contribution in [0.1, 0.15) is 59.1 Å². The van der Waals surface area contributed by atoms with Crippen LogP contribution in [0.2, 0.25) is 0 Å². The number of nitrogens with zero attached hydrogens (tertiary/aromatic N) is 1. The second-order valence-electron chi connectivity index (χ2n) is 13.5. The predicted octanol–water partition coefficient (Wildman–Crippen LogP) is 6.48. The number of ether oxygens (including phenoxy) is 1. The van der Waals surface area contributed by atoms with Gasteiger partial charge in [-0.25, -0.2) is 31.2 Å². The smallest absolute Gasteiger partial charge is 0.408 e. The van der Waals surface area contributed by atoms with Gasteiger partial charge < -0.3 is 20.5 Å². The Bertz CT molecular complexity index is 1810. The Hall–Kier alpha value is -4.08. The van der Waals surface area contributed by atoms with Crippen LogP contribution in [0, 0.1) is 22.9 Å². The molecular formula is C35H40F3N3O7S2. The molecule has 15 heteroatoms. The second-order valence-corrected chi connectivity index (χ2v) is 16.6. The van der Waals surface area contributed by atoms with Gasteiger partial charge in [0.1, 0.15) is 34.5 Å². The number of hydrogen-bond acceptors (Lipinski definition) is 7. The van der Waals surface area contributed by atoms with E-state index in [4.69, 9.17) is 4.74 Å². The van der Waals surface area contributed by atoms with Crippen LogP contribution in [0.3, 0.4) is 0 Å². The Morgan fingerprint density at radius 2 is 1.52 bits per heavy atom. The topological polar surface area (TPSA) is 142 Å². The maximum absolute atomic E-state index is 15.1. The Labute approximate surface area is 293 Å². The number of alkyl carbamates (subject to hydrolysis) is 1. The third-order valence-corrected chi connectivity index (χ3v) is 11.4. The Kier molecular flexibility index (Phi) is 12.0. The van der Waals surface area contributed by atoms with Gasteiger partial charge in [0, 0.05) is 23.4 Å². The number of carbonyl (C=O) groups excluding carboxylic acids is 2. The number of benzene rings is 3. The highest BCUT2D eigenvalue weighted by Crippen LogP contribution is 2.36. The lowest BCUT2D eigenvalue weighted by molar-refractivity contribution is -0.143. The number of carbonyl (C=O) groups is 3. The summed E-state index contributed by atoms with van der Waals surface area (Å²) in [5.74, 6) is -4.35. The Morgan fingerprint density at radius 1 is 0.920 bits per heavy atom. The zero-order valence-corrected chi connectivity index (χ0v) is 29.8. The molecule has 270 valence electrons. The Morgan fingerprint density at radius 3 is 2.10 bits per heavy atom. The van der Waals surface area contributed by atoms with Crippen LogP contribution in [0.15, 0.2) is 71.6 Å². The standard InChI is InChI=1S/C35H40F3N3O7S2/c1-34(2,3)48-33(45)40-29(32(43)44)35(4,5)18-17-27(28-25(37)11-8-12-26(28)38)39-30(42)31-41(19-20-49-31)50(46,47)22-15-13-21(14-16-22)23-9-6-7-10-24(23)36/h6-16,27,29,31H,17-20H2,1-5H3,(H,39,42)(H,40,45)(H,43,44)/t27-,29+,31-/m0/s1. The molecule has 3 aromatic rings. The molecule has 4 rings (SSSR count). The lowest BCUT2D eigenvalue weighted by Gasteiger charge is -2.34. The summed E-state index contributed by atoms with van der Waals surface area (Å²) in [6.07, 6.45) is -1.21. The highest BCUT2D eigenvalue weighted by molar-refractivity contribution is 8.02. The number of rotatable bonds is 12. The summed E-state index contributed by atoms with van der Waals surface area (Å²) in [4.78, 5) is 38.3. The average Bonchev–Trinajstić information content (AvgIpc) is 3.53. The molecule has 10 nitrogen and oxygen atoms in total. The molecule has 3 N–H and O–H groups in total. The van der Waals surface area contributed by atoms with Crippen molar-refractivity contribution in [1.29, 1.82) is 0 Å². The van der Waals surface area contributed by atoms with Crippen LogP contribution in [0.25, 0.3) is 11.1 Å². The summed E-state index contributed by atoms with van der Waals surface area (Å²) in [5, 5.41) is 13.6. The summed E-state index contributed by atoms with van der Waals surface area (Å²) in [6, 6.07) is 12.0. The fraction of sp³-hybridized carbons (Fsp3) is 0.400. The van der Waals surface area contributed by atoms with Crippen molar-refractivity contribution >= 4 is 39.8 Å². The third kappa shape index (κ3) is 9.17. The van der Waals surface area contributed by atoms with Crippen LogP contribution in [0.5, 0.6) is 0 Å². The maximum atomic E-state index is 15.1. The zero-order valence-electron chi connectivity index (χ0n) is 28.2. The number of halogens is 3. The normalized spacial score (nSPS) is 16.8. The van der Waals surface area contributed by atoms with Gasteiger partial charge in [0.2, 0.25) is 15.9 Å². The molecule has 1 saturated heterocycles. The zero-order chi connectivity index (χ0) is 37.0. The fourth-order valence-corrected chi connectivity index (χ4v) is 8.68. The molecule has 1 fully saturated rings. The summed E-state index contributed by atoms with van der Waals surface area (Å²) in [7, 11) is -4.25. The van der Waals surface area contributed by atoms with Crippen molar-refractivity contribution in [3.05, 3.63) is 89.7 Å². The van der Waals surface area contributed by atoms with Gasteiger partial charge in [-0.2, -0.15) is 4.31 Å². The lowest BCUT2D eigenvalue weighted by atomic mass is 9.78. The monoisotopic (exact) mass is 735 g/mol. The van der Waals surface area contributed by atoms with Gasteiger partial charge in [-0.1, -0.05) is 50.2 Å². The van der Waals surface area contributed by atoms with Gasteiger partial charge >= 0.3 is 12.1 Å². The molecular weight excluding hydrogens is 696 g/mol. The van der Waals surface area contributed by atoms with Crippen LogP contribution in [-0.4, -0.2) is 65.1 Å². The first-order chi connectivity index (χ1) is 23.3. The van der Waals surface area contributed by atoms with E-state index in [2.05, 4.69) is 10.6 Å². The number of carboxylic acids is 1. The molecule has 1 heterocycles. The molecule has 3 aromatic carbocycles. The molecule has 50 heavy (non-hydrogen) atoms. The van der Waals surface area contributed by atoms with E-state index in [-0.39, 0.29) is 35.6 Å². The number of aliphatic carboxylic acids is 1. The van der Waals surface area contributed by atoms with Gasteiger partial charge in [-0.3, -0.25) is 4.79 Å². The predicted molar refractivity (Wildman–Crippen MR) is 183 cm³/mol. The van der Waals surface area contributed by atoms with E-state index in [1.165, 1.54) is 36.4 Å². The van der Waals surface area contributed by atoms with E-state index < -0.39 is 79.5 Å². The number of nitrogens with one attached hydrogen (secondary N) is 2. The van der Waals surface area contributed by atoms with Crippen molar-refractivity contribution < 1.29 is 45.8 Å². The molecule has 0 aromatic heterocycles. The number of amides is 2. The van der Waals surface area contributed by atoms with Gasteiger partial charge in [-0.05, 0) is 74.9 Å². The summed E-state index contributed by atoms with van der Waals surface area (Å²) >= 11 is 1.03. The van der Waals surface area contributed by atoms with E-state index >= 15 is 8.78 Å². The van der Waals surface area contributed by atoms with Crippen molar-refractivity contribution in [3.8, 4) is 11.1 Å². The largest absolute Gasteiger partial charge is 0.480 e. The van der Waals surface area contributed by atoms with Crippen molar-refractivity contribution in [2.45, 2.75) is 75.4 Å². The molecule has 3 atom stereocenters. The van der Waals surface area contributed by atoms with Crippen LogP contribution >= 0.6 is 11.8 Å². The number of thioether (sulfide) groups is 1. The van der Waals surface area contributed by atoms with Crippen LogP contribution in [0.4, 0.5) is 18.0 Å². The van der Waals surface area contributed by atoms with Gasteiger partial charge in [0.15, 0.2) is 0 Å². The summed E-state index contributed by atoms with van der Waals surface area (Å²) in [6.45, 7) is 7.90. The third-order valence-electron chi connectivity index (χ3n) is 8.15. The molecule has 0 aliphatic carbocycles. The first-order valence-electron chi connectivity index (χ1n) is 15.8. The molecule has 2 amide bonds. The van der Waals surface area contributed by atoms with E-state index in [0.29, 0.717) is 5.56 Å². The molecule has 0 unspecified atom stereocenters. The van der Waals surface area contributed by atoms with E-state index in [9.17, 15) is 32.3 Å². The first kappa shape index (κ1) is 38.7. The number of sulfonamides is 1. The molecule has 1 aliphatic rings. The number of hydrogen-bond donors (Lipinski definition) is 3. The number of carboxylic acid groups (broad SMARTS) is 1. The second kappa shape index (κ2) is 15.4. The van der Waals surface area contributed by atoms with Gasteiger partial charge in [0.25, 0.3) is 0 Å². The van der Waals surface area contributed by atoms with Crippen molar-refractivity contribution in [1.82, 2.24) is 14.9 Å². The lowest BCUT2D eigenvalue weighted by Crippen LogP contribution is -2.51. The molecule has 0 bridgehead atoms. The average molecular weight is 736 g/mol. The first-order valence-corrected chi connectivity index (χ1v) is 18.3. The minimum atomic E-state index is -4.25. The molecule has 1 aliphatic heterocycles. The molecule has 0 spiro atoms. The minimum absolute atomic E-state index is 0.0253. The van der Waals surface area contributed by atoms with Gasteiger partial charge in [0.05, 0.1) is 10.9 Å². The van der Waals surface area contributed by atoms with Crippen molar-refractivity contribution in [3.63, 3.8) is 0 Å². The highest BCUT2D eigenvalue weighted by Gasteiger charge is 2.42. The van der Waals surface area contributed by atoms with Gasteiger partial charge in [-0.15, -0.1) is 11.8 Å². The van der Waals surface area contributed by atoms with Crippen LogP contribution in [-0.2, 0) is 24.3 Å². The van der Waals surface area contributed by atoms with Crippen LogP contribution < -0.4 is 10.6 Å². The van der Waals surface area contributed by atoms with Crippen molar-refractivity contribution in [2.24, 2.45) is 5.41 Å². The Balaban J connectivity index is 1.57. The summed E-state index contributed by atoms with van der Waals surface area (Å²) < 4.78 is 78.3. The molecule has 0 radical (unpaired) electrons. The molecule has 0 saturated carbocycles. The van der Waals surface area contributed by atoms with Crippen molar-refractivity contribution in [2.75, 3.05) is 12.3 Å². The van der Waals surface area contributed by atoms with E-state index in [0.717, 1.165) is 34.3 Å². The summed E-state index contributed by atoms with van der Waals surface area (Å²) in [5.41, 5.74) is -1.87. The quantitative estimate of drug-likeness (QED) is 0.192. The van der Waals surface area contributed by atoms with E-state index in [1.54, 1.807) is 46.8 Å². The van der Waals surface area contributed by atoms with E-state index in [1.807, 2.05) is 0 Å². The fourth-order valence-electron chi connectivity index (χ4n) is 5.60.